The average Bonchev–Trinajstić information content (AvgIpc) is 3.11. The van der Waals surface area contributed by atoms with E-state index in [1.807, 2.05) is 6.07 Å². The number of primary amides is 1. The van der Waals surface area contributed by atoms with Gasteiger partial charge in [0.15, 0.2) is 5.78 Å². The topological polar surface area (TPSA) is 113 Å². The number of ether oxygens (including phenoxy) is 1. The van der Waals surface area contributed by atoms with E-state index in [-0.39, 0.29) is 5.78 Å². The van der Waals surface area contributed by atoms with Crippen molar-refractivity contribution in [3.63, 3.8) is 0 Å². The molecule has 2 N–H and O–H groups in total. The minimum absolute atomic E-state index is 0.0545. The molecule has 0 fully saturated rings. The Morgan fingerprint density at radius 3 is 2.54 bits per heavy atom. The maximum absolute atomic E-state index is 11.6. The summed E-state index contributed by atoms with van der Waals surface area (Å²) in [6, 6.07) is 13.7. The summed E-state index contributed by atoms with van der Waals surface area (Å²) >= 11 is 0. The maximum atomic E-state index is 11.6. The Morgan fingerprint density at radius 1 is 1.12 bits per heavy atom. The van der Waals surface area contributed by atoms with E-state index < -0.39 is 5.91 Å². The lowest BCUT2D eigenvalue weighted by Crippen LogP contribution is -2.12. The van der Waals surface area contributed by atoms with Gasteiger partial charge in [-0.3, -0.25) is 9.59 Å². The van der Waals surface area contributed by atoms with Crippen LogP contribution in [0, 0.1) is 0 Å². The van der Waals surface area contributed by atoms with E-state index in [1.165, 1.54) is 11.7 Å². The second kappa shape index (κ2) is 7.56. The van der Waals surface area contributed by atoms with Gasteiger partial charge in [-0.05, 0) is 36.4 Å². The van der Waals surface area contributed by atoms with E-state index in [4.69, 9.17) is 10.5 Å². The van der Waals surface area contributed by atoms with Crippen LogP contribution in [0.25, 0.3) is 11.4 Å². The molecule has 0 spiro atoms. The summed E-state index contributed by atoms with van der Waals surface area (Å²) in [4.78, 5) is 24.1. The first-order valence-corrected chi connectivity index (χ1v) is 7.95. The maximum Gasteiger partial charge on any atom is 0.248 e. The van der Waals surface area contributed by atoms with Crippen LogP contribution < -0.4 is 10.5 Å². The van der Waals surface area contributed by atoms with Gasteiger partial charge in [-0.25, -0.2) is 0 Å². The number of hydrogen-bond donors (Lipinski definition) is 1. The number of benzene rings is 2. The van der Waals surface area contributed by atoms with Crippen molar-refractivity contribution < 1.29 is 14.3 Å². The summed E-state index contributed by atoms with van der Waals surface area (Å²) in [6.07, 6.45) is 0. The Bertz CT molecular complexity index is 934. The fourth-order valence-electron chi connectivity index (χ4n) is 2.36. The van der Waals surface area contributed by atoms with E-state index in [9.17, 15) is 9.59 Å². The predicted molar refractivity (Wildman–Crippen MR) is 93.7 cm³/mol. The molecule has 0 saturated heterocycles. The molecule has 2 aromatic carbocycles. The number of hydrogen-bond acceptors (Lipinski definition) is 6. The van der Waals surface area contributed by atoms with Crippen LogP contribution in [-0.2, 0) is 6.54 Å². The van der Waals surface area contributed by atoms with Crippen molar-refractivity contribution in [2.75, 3.05) is 6.61 Å². The number of nitrogens with two attached hydrogens (primary N) is 1. The van der Waals surface area contributed by atoms with Gasteiger partial charge in [-0.1, -0.05) is 24.3 Å². The monoisotopic (exact) mass is 351 g/mol. The minimum Gasteiger partial charge on any atom is -0.491 e. The zero-order chi connectivity index (χ0) is 18.5. The first kappa shape index (κ1) is 17.3. The lowest BCUT2D eigenvalue weighted by atomic mass is 10.1. The van der Waals surface area contributed by atoms with Crippen LogP contribution in [-0.4, -0.2) is 38.5 Å². The first-order valence-electron chi connectivity index (χ1n) is 7.95. The van der Waals surface area contributed by atoms with Crippen molar-refractivity contribution in [2.24, 2.45) is 5.73 Å². The molecule has 0 aliphatic rings. The first-order chi connectivity index (χ1) is 12.5. The van der Waals surface area contributed by atoms with E-state index in [1.54, 1.807) is 42.5 Å². The molecule has 0 aliphatic carbocycles. The Kier molecular flexibility index (Phi) is 5.02. The molecular weight excluding hydrogens is 334 g/mol. The third kappa shape index (κ3) is 3.92. The molecule has 1 heterocycles. The third-order valence-electron chi connectivity index (χ3n) is 3.70. The van der Waals surface area contributed by atoms with Crippen molar-refractivity contribution in [1.82, 2.24) is 20.2 Å². The fraction of sp³-hybridized carbons (Fsp3) is 0.167. The highest BCUT2D eigenvalue weighted by atomic mass is 16.5. The van der Waals surface area contributed by atoms with Gasteiger partial charge in [0.05, 0.1) is 12.1 Å². The van der Waals surface area contributed by atoms with Gasteiger partial charge in [-0.2, -0.15) is 4.80 Å². The Hall–Kier alpha value is -3.55. The van der Waals surface area contributed by atoms with Crippen molar-refractivity contribution >= 4 is 11.7 Å². The van der Waals surface area contributed by atoms with Crippen LogP contribution in [0.15, 0.2) is 48.5 Å². The smallest absolute Gasteiger partial charge is 0.248 e. The lowest BCUT2D eigenvalue weighted by molar-refractivity contribution is 0.0995. The predicted octanol–water partition coefficient (Wildman–Crippen LogP) is 1.72. The summed E-state index contributed by atoms with van der Waals surface area (Å²) in [5, 5.41) is 12.2. The number of carbonyl (C=O) groups is 2. The summed E-state index contributed by atoms with van der Waals surface area (Å²) in [6.45, 7) is 2.16. The SMILES string of the molecule is CC(=O)c1ccccc1OCCn1nnc(-c2ccc(C(N)=O)cc2)n1. The van der Waals surface area contributed by atoms with Crippen molar-refractivity contribution in [3.8, 4) is 17.1 Å². The van der Waals surface area contributed by atoms with Gasteiger partial charge < -0.3 is 10.5 Å². The van der Waals surface area contributed by atoms with Crippen LogP contribution in [0.5, 0.6) is 5.75 Å². The van der Waals surface area contributed by atoms with Crippen molar-refractivity contribution in [3.05, 3.63) is 59.7 Å². The van der Waals surface area contributed by atoms with Crippen molar-refractivity contribution in [1.29, 1.82) is 0 Å². The number of Topliss-reactive ketones (excluding diaryl/α,β-unsaturated/α-hetero) is 1. The van der Waals surface area contributed by atoms with Crippen LogP contribution in [0.4, 0.5) is 0 Å². The lowest BCUT2D eigenvalue weighted by Gasteiger charge is -2.08. The van der Waals surface area contributed by atoms with E-state index in [2.05, 4.69) is 15.4 Å². The molecule has 0 radical (unpaired) electrons. The summed E-state index contributed by atoms with van der Waals surface area (Å²) in [7, 11) is 0. The highest BCUT2D eigenvalue weighted by molar-refractivity contribution is 5.96. The van der Waals surface area contributed by atoms with Gasteiger partial charge >= 0.3 is 0 Å². The number of ketones is 1. The molecule has 0 atom stereocenters. The summed E-state index contributed by atoms with van der Waals surface area (Å²) in [5.74, 6) is 0.421. The summed E-state index contributed by atoms with van der Waals surface area (Å²) < 4.78 is 5.66. The van der Waals surface area contributed by atoms with Crippen LogP contribution in [0.3, 0.4) is 0 Å². The Balaban J connectivity index is 1.62. The number of aromatic nitrogens is 4. The van der Waals surface area contributed by atoms with Crippen LogP contribution in [0.1, 0.15) is 27.6 Å². The Labute approximate surface area is 149 Å². The highest BCUT2D eigenvalue weighted by Crippen LogP contribution is 2.18. The van der Waals surface area contributed by atoms with Gasteiger partial charge in [0.25, 0.3) is 0 Å². The number of rotatable bonds is 7. The molecule has 0 bridgehead atoms. The number of carbonyl (C=O) groups excluding carboxylic acids is 2. The molecule has 1 aromatic heterocycles. The fourth-order valence-corrected chi connectivity index (χ4v) is 2.36. The molecule has 3 aromatic rings. The van der Waals surface area contributed by atoms with E-state index >= 15 is 0 Å². The number of amides is 1. The van der Waals surface area contributed by atoms with Crippen molar-refractivity contribution in [2.45, 2.75) is 13.5 Å². The van der Waals surface area contributed by atoms with Gasteiger partial charge in [-0.15, -0.1) is 10.2 Å². The molecule has 8 heteroatoms. The van der Waals surface area contributed by atoms with E-state index in [0.717, 1.165) is 5.56 Å². The van der Waals surface area contributed by atoms with Gasteiger partial charge in [0, 0.05) is 11.1 Å². The molecule has 0 unspecified atom stereocenters. The second-order valence-corrected chi connectivity index (χ2v) is 5.55. The standard InChI is InChI=1S/C18H17N5O3/c1-12(24)15-4-2-3-5-16(15)26-11-10-23-21-18(20-22-23)14-8-6-13(7-9-14)17(19)25/h2-9H,10-11H2,1H3,(H2,19,25). The molecule has 0 aliphatic heterocycles. The second-order valence-electron chi connectivity index (χ2n) is 5.55. The van der Waals surface area contributed by atoms with Gasteiger partial charge in [0.2, 0.25) is 11.7 Å². The third-order valence-corrected chi connectivity index (χ3v) is 3.70. The number of para-hydroxylation sites is 1. The minimum atomic E-state index is -0.490. The number of tetrazole rings is 1. The average molecular weight is 351 g/mol. The van der Waals surface area contributed by atoms with Gasteiger partial charge in [0.1, 0.15) is 12.4 Å². The normalized spacial score (nSPS) is 10.5. The van der Waals surface area contributed by atoms with E-state index in [0.29, 0.717) is 35.9 Å². The quantitative estimate of drug-likeness (QED) is 0.649. The molecule has 26 heavy (non-hydrogen) atoms. The molecule has 1 amide bonds. The zero-order valence-electron chi connectivity index (χ0n) is 14.1. The molecule has 8 nitrogen and oxygen atoms in total. The molecular formula is C18H17N5O3. The summed E-state index contributed by atoms with van der Waals surface area (Å²) in [5.41, 5.74) is 6.89. The molecule has 0 saturated carbocycles. The Morgan fingerprint density at radius 2 is 1.85 bits per heavy atom. The molecule has 132 valence electrons. The highest BCUT2D eigenvalue weighted by Gasteiger charge is 2.09. The molecule has 3 rings (SSSR count). The van der Waals surface area contributed by atoms with Crippen LogP contribution >= 0.6 is 0 Å². The largest absolute Gasteiger partial charge is 0.491 e. The van der Waals surface area contributed by atoms with Crippen LogP contribution in [0.2, 0.25) is 0 Å². The zero-order valence-corrected chi connectivity index (χ0v) is 14.1. The number of nitrogens with zero attached hydrogens (tertiary/aromatic N) is 4.